The minimum atomic E-state index is -3.79. The van der Waals surface area contributed by atoms with Gasteiger partial charge < -0.3 is 9.64 Å². The lowest BCUT2D eigenvalue weighted by Crippen LogP contribution is -2.50. The molecule has 1 fully saturated rings. The van der Waals surface area contributed by atoms with Crippen molar-refractivity contribution in [3.05, 3.63) is 59.4 Å². The Labute approximate surface area is 158 Å². The number of aryl methyl sites for hydroxylation is 1. The van der Waals surface area contributed by atoms with Crippen LogP contribution in [0.25, 0.3) is 0 Å². The van der Waals surface area contributed by atoms with E-state index in [0.29, 0.717) is 16.9 Å². The Hall–Kier alpha value is -2.45. The molecule has 0 unspecified atom stereocenters. The molecular weight excluding hydrogens is 371 g/mol. The number of carbonyl (C=O) groups excluding carboxylic acids is 1. The highest BCUT2D eigenvalue weighted by Crippen LogP contribution is 2.21. The topological polar surface area (TPSA) is 66.9 Å². The summed E-state index contributed by atoms with van der Waals surface area (Å²) >= 11 is 0. The van der Waals surface area contributed by atoms with Crippen molar-refractivity contribution >= 4 is 15.9 Å². The zero-order chi connectivity index (χ0) is 19.6. The van der Waals surface area contributed by atoms with Crippen LogP contribution in [0, 0.1) is 12.7 Å². The molecule has 3 rings (SSSR count). The quantitative estimate of drug-likeness (QED) is 0.801. The van der Waals surface area contributed by atoms with E-state index in [1.165, 1.54) is 23.5 Å². The van der Waals surface area contributed by atoms with E-state index in [-0.39, 0.29) is 37.0 Å². The Morgan fingerprint density at radius 1 is 1.07 bits per heavy atom. The highest BCUT2D eigenvalue weighted by atomic mass is 32.2. The molecule has 0 saturated carbocycles. The number of hydrogen-bond donors (Lipinski definition) is 0. The number of sulfonamides is 1. The second-order valence-corrected chi connectivity index (χ2v) is 8.28. The fourth-order valence-electron chi connectivity index (χ4n) is 2.95. The van der Waals surface area contributed by atoms with Gasteiger partial charge in [-0.25, -0.2) is 12.8 Å². The van der Waals surface area contributed by atoms with E-state index in [1.54, 1.807) is 36.1 Å². The first kappa shape index (κ1) is 19.3. The predicted molar refractivity (Wildman–Crippen MR) is 98.8 cm³/mol. The van der Waals surface area contributed by atoms with Gasteiger partial charge in [-0.05, 0) is 42.8 Å². The molecule has 0 spiro atoms. The van der Waals surface area contributed by atoms with E-state index in [0.717, 1.165) is 6.07 Å². The standard InChI is InChI=1S/C19H21FN2O4S/c1-14-6-7-17(13-18(14)20)27(24,25)22-10-8-21(9-11-22)19(23)15-4-3-5-16(12-15)26-2/h3-7,12-13H,8-11H2,1-2H3. The molecule has 0 atom stereocenters. The summed E-state index contributed by atoms with van der Waals surface area (Å²) in [6, 6.07) is 10.7. The van der Waals surface area contributed by atoms with E-state index >= 15 is 0 Å². The van der Waals surface area contributed by atoms with Gasteiger partial charge in [-0.3, -0.25) is 4.79 Å². The molecule has 2 aromatic rings. The summed E-state index contributed by atoms with van der Waals surface area (Å²) in [5.41, 5.74) is 0.883. The lowest BCUT2D eigenvalue weighted by Gasteiger charge is -2.34. The van der Waals surface area contributed by atoms with E-state index in [4.69, 9.17) is 4.74 Å². The normalized spacial score (nSPS) is 15.6. The van der Waals surface area contributed by atoms with Crippen molar-refractivity contribution in [3.63, 3.8) is 0 Å². The third-order valence-corrected chi connectivity index (χ3v) is 6.52. The maximum atomic E-state index is 13.7. The maximum Gasteiger partial charge on any atom is 0.254 e. The third-order valence-electron chi connectivity index (χ3n) is 4.62. The van der Waals surface area contributed by atoms with Crippen LogP contribution in [0.1, 0.15) is 15.9 Å². The highest BCUT2D eigenvalue weighted by Gasteiger charge is 2.30. The van der Waals surface area contributed by atoms with E-state index in [2.05, 4.69) is 0 Å². The van der Waals surface area contributed by atoms with Crippen LogP contribution in [0.2, 0.25) is 0 Å². The Kier molecular flexibility index (Phi) is 5.48. The van der Waals surface area contributed by atoms with Gasteiger partial charge in [-0.2, -0.15) is 4.31 Å². The minimum Gasteiger partial charge on any atom is -0.497 e. The third kappa shape index (κ3) is 3.96. The summed E-state index contributed by atoms with van der Waals surface area (Å²) in [4.78, 5) is 14.2. The molecule has 1 amide bonds. The van der Waals surface area contributed by atoms with Gasteiger partial charge in [0, 0.05) is 31.7 Å². The monoisotopic (exact) mass is 392 g/mol. The van der Waals surface area contributed by atoms with Crippen molar-refractivity contribution in [3.8, 4) is 5.75 Å². The molecule has 0 bridgehead atoms. The van der Waals surface area contributed by atoms with Gasteiger partial charge in [0.1, 0.15) is 11.6 Å². The van der Waals surface area contributed by atoms with Crippen molar-refractivity contribution in [2.75, 3.05) is 33.3 Å². The molecule has 0 aliphatic carbocycles. The van der Waals surface area contributed by atoms with Crippen LogP contribution in [0.15, 0.2) is 47.4 Å². The summed E-state index contributed by atoms with van der Waals surface area (Å²) in [5, 5.41) is 0. The lowest BCUT2D eigenvalue weighted by molar-refractivity contribution is 0.0697. The number of ether oxygens (including phenoxy) is 1. The van der Waals surface area contributed by atoms with Crippen LogP contribution >= 0.6 is 0 Å². The summed E-state index contributed by atoms with van der Waals surface area (Å²) in [5.74, 6) is -0.140. The Bertz CT molecular complexity index is 954. The molecular formula is C19H21FN2O4S. The summed E-state index contributed by atoms with van der Waals surface area (Å²) in [6.07, 6.45) is 0. The minimum absolute atomic E-state index is 0.0711. The predicted octanol–water partition coefficient (Wildman–Crippen LogP) is 2.29. The van der Waals surface area contributed by atoms with Crippen molar-refractivity contribution in [2.45, 2.75) is 11.8 Å². The number of benzene rings is 2. The van der Waals surface area contributed by atoms with E-state index < -0.39 is 15.8 Å². The fourth-order valence-corrected chi connectivity index (χ4v) is 4.39. The first-order valence-corrected chi connectivity index (χ1v) is 9.96. The lowest BCUT2D eigenvalue weighted by atomic mass is 10.1. The molecule has 2 aromatic carbocycles. The first-order valence-electron chi connectivity index (χ1n) is 8.52. The number of carbonyl (C=O) groups is 1. The molecule has 27 heavy (non-hydrogen) atoms. The number of hydrogen-bond acceptors (Lipinski definition) is 4. The van der Waals surface area contributed by atoms with E-state index in [1.807, 2.05) is 0 Å². The maximum absolute atomic E-state index is 13.7. The number of methoxy groups -OCH3 is 1. The van der Waals surface area contributed by atoms with Gasteiger partial charge in [0.25, 0.3) is 5.91 Å². The summed E-state index contributed by atoms with van der Waals surface area (Å²) in [7, 11) is -2.26. The van der Waals surface area contributed by atoms with Gasteiger partial charge in [-0.15, -0.1) is 0 Å². The highest BCUT2D eigenvalue weighted by molar-refractivity contribution is 7.89. The molecule has 1 aliphatic heterocycles. The van der Waals surface area contributed by atoms with Crippen LogP contribution in [0.3, 0.4) is 0 Å². The van der Waals surface area contributed by atoms with Gasteiger partial charge in [-0.1, -0.05) is 12.1 Å². The largest absolute Gasteiger partial charge is 0.497 e. The summed E-state index contributed by atoms with van der Waals surface area (Å²) < 4.78 is 45.6. The molecule has 1 aliphatic rings. The van der Waals surface area contributed by atoms with Crippen LogP contribution in [-0.2, 0) is 10.0 Å². The first-order chi connectivity index (χ1) is 12.8. The van der Waals surface area contributed by atoms with Gasteiger partial charge >= 0.3 is 0 Å². The second-order valence-electron chi connectivity index (χ2n) is 6.34. The van der Waals surface area contributed by atoms with Gasteiger partial charge in [0.15, 0.2) is 0 Å². The molecule has 6 nitrogen and oxygen atoms in total. The zero-order valence-electron chi connectivity index (χ0n) is 15.2. The Morgan fingerprint density at radius 2 is 1.78 bits per heavy atom. The van der Waals surface area contributed by atoms with Crippen molar-refractivity contribution in [1.29, 1.82) is 0 Å². The Balaban J connectivity index is 1.70. The summed E-state index contributed by atoms with van der Waals surface area (Å²) in [6.45, 7) is 2.43. The number of nitrogens with zero attached hydrogens (tertiary/aromatic N) is 2. The zero-order valence-corrected chi connectivity index (χ0v) is 16.0. The number of rotatable bonds is 4. The molecule has 1 saturated heterocycles. The van der Waals surface area contributed by atoms with Crippen LogP contribution < -0.4 is 4.74 Å². The molecule has 1 heterocycles. The van der Waals surface area contributed by atoms with Crippen LogP contribution in [0.5, 0.6) is 5.75 Å². The fraction of sp³-hybridized carbons (Fsp3) is 0.316. The second kappa shape index (κ2) is 7.66. The average Bonchev–Trinajstić information content (AvgIpc) is 2.69. The van der Waals surface area contributed by atoms with Crippen LogP contribution in [0.4, 0.5) is 4.39 Å². The van der Waals surface area contributed by atoms with E-state index in [9.17, 15) is 17.6 Å². The van der Waals surface area contributed by atoms with Crippen LogP contribution in [-0.4, -0.2) is 56.8 Å². The molecule has 144 valence electrons. The number of piperazine rings is 1. The SMILES string of the molecule is COc1cccc(C(=O)N2CCN(S(=O)(=O)c3ccc(C)c(F)c3)CC2)c1. The van der Waals surface area contributed by atoms with Crippen molar-refractivity contribution in [1.82, 2.24) is 9.21 Å². The molecule has 0 radical (unpaired) electrons. The number of halogens is 1. The van der Waals surface area contributed by atoms with Gasteiger partial charge in [0.05, 0.1) is 12.0 Å². The van der Waals surface area contributed by atoms with Crippen molar-refractivity contribution in [2.24, 2.45) is 0 Å². The molecule has 8 heteroatoms. The molecule has 0 N–H and O–H groups in total. The Morgan fingerprint density at radius 3 is 2.41 bits per heavy atom. The number of amides is 1. The van der Waals surface area contributed by atoms with Gasteiger partial charge in [0.2, 0.25) is 10.0 Å². The smallest absolute Gasteiger partial charge is 0.254 e. The molecule has 0 aromatic heterocycles. The van der Waals surface area contributed by atoms with Crippen molar-refractivity contribution < 1.29 is 22.3 Å². The average molecular weight is 392 g/mol.